The summed E-state index contributed by atoms with van der Waals surface area (Å²) in [6.45, 7) is 6.15. The Balaban J connectivity index is 2.16. The minimum Gasteiger partial charge on any atom is -0.394 e. The van der Waals surface area contributed by atoms with Crippen LogP contribution in [-0.4, -0.2) is 33.9 Å². The van der Waals surface area contributed by atoms with E-state index in [9.17, 15) is 9.90 Å². The van der Waals surface area contributed by atoms with Crippen LogP contribution in [0.5, 0.6) is 0 Å². The fourth-order valence-electron chi connectivity index (χ4n) is 2.45. The van der Waals surface area contributed by atoms with Crippen LogP contribution in [0.3, 0.4) is 0 Å². The van der Waals surface area contributed by atoms with E-state index in [1.807, 2.05) is 30.3 Å². The zero-order valence-corrected chi connectivity index (χ0v) is 13.3. The van der Waals surface area contributed by atoms with Crippen LogP contribution in [0, 0.1) is 5.41 Å². The summed E-state index contributed by atoms with van der Waals surface area (Å²) >= 11 is 0. The van der Waals surface area contributed by atoms with Gasteiger partial charge in [-0.1, -0.05) is 51.1 Å². The van der Waals surface area contributed by atoms with Crippen LogP contribution in [0.15, 0.2) is 36.5 Å². The van der Waals surface area contributed by atoms with Gasteiger partial charge in [0, 0.05) is 5.56 Å². The minimum atomic E-state index is -0.272. The first-order valence-electron chi connectivity index (χ1n) is 7.41. The molecule has 1 aromatic heterocycles. The van der Waals surface area contributed by atoms with E-state index in [4.69, 9.17) is 0 Å². The molecular formula is C17H23N3O2. The first-order chi connectivity index (χ1) is 10.4. The van der Waals surface area contributed by atoms with Gasteiger partial charge in [-0.15, -0.1) is 0 Å². The number of aromatic amines is 1. The van der Waals surface area contributed by atoms with E-state index in [1.165, 1.54) is 6.20 Å². The van der Waals surface area contributed by atoms with Crippen LogP contribution in [-0.2, 0) is 0 Å². The fourth-order valence-corrected chi connectivity index (χ4v) is 2.45. The van der Waals surface area contributed by atoms with Gasteiger partial charge in [-0.05, 0) is 11.8 Å². The van der Waals surface area contributed by atoms with Crippen molar-refractivity contribution in [2.45, 2.75) is 33.2 Å². The molecule has 0 fully saturated rings. The number of nitrogens with zero attached hydrogens (tertiary/aromatic N) is 1. The molecule has 1 atom stereocenters. The molecule has 2 rings (SSSR count). The Bertz CT molecular complexity index is 614. The van der Waals surface area contributed by atoms with Crippen molar-refractivity contribution in [3.05, 3.63) is 42.1 Å². The van der Waals surface area contributed by atoms with Gasteiger partial charge in [0.2, 0.25) is 0 Å². The molecule has 0 aliphatic heterocycles. The van der Waals surface area contributed by atoms with Gasteiger partial charge in [-0.3, -0.25) is 9.89 Å². The molecule has 0 saturated carbocycles. The molecule has 5 nitrogen and oxygen atoms in total. The summed E-state index contributed by atoms with van der Waals surface area (Å²) in [6.07, 6.45) is 2.22. The average Bonchev–Trinajstić information content (AvgIpc) is 2.95. The number of hydrogen-bond donors (Lipinski definition) is 3. The number of hydrogen-bond acceptors (Lipinski definition) is 3. The summed E-state index contributed by atoms with van der Waals surface area (Å²) < 4.78 is 0. The van der Waals surface area contributed by atoms with Crippen molar-refractivity contribution in [2.75, 3.05) is 6.61 Å². The Labute approximate surface area is 130 Å². The Hall–Kier alpha value is -2.14. The molecule has 3 N–H and O–H groups in total. The number of aromatic nitrogens is 2. The first kappa shape index (κ1) is 16.2. The van der Waals surface area contributed by atoms with Crippen LogP contribution in [0.25, 0.3) is 11.3 Å². The lowest BCUT2D eigenvalue weighted by Gasteiger charge is -2.25. The number of benzene rings is 1. The zero-order chi connectivity index (χ0) is 16.2. The van der Waals surface area contributed by atoms with Gasteiger partial charge >= 0.3 is 0 Å². The van der Waals surface area contributed by atoms with Crippen LogP contribution >= 0.6 is 0 Å². The highest BCUT2D eigenvalue weighted by Gasteiger charge is 2.22. The van der Waals surface area contributed by atoms with Crippen LogP contribution in [0.4, 0.5) is 0 Å². The van der Waals surface area contributed by atoms with Gasteiger partial charge in [0.1, 0.15) is 0 Å². The Morgan fingerprint density at radius 3 is 2.59 bits per heavy atom. The number of amides is 1. The van der Waals surface area contributed by atoms with E-state index in [1.54, 1.807) is 0 Å². The lowest BCUT2D eigenvalue weighted by atomic mass is 9.88. The molecule has 1 heterocycles. The molecule has 2 aromatic rings. The minimum absolute atomic E-state index is 0.0271. The molecular weight excluding hydrogens is 278 g/mol. The van der Waals surface area contributed by atoms with Gasteiger partial charge < -0.3 is 10.4 Å². The van der Waals surface area contributed by atoms with E-state index >= 15 is 0 Å². The number of aliphatic hydroxyl groups excluding tert-OH is 1. The maximum absolute atomic E-state index is 12.5. The molecule has 0 bridgehead atoms. The van der Waals surface area contributed by atoms with E-state index in [2.05, 4.69) is 36.3 Å². The van der Waals surface area contributed by atoms with Gasteiger partial charge in [0.15, 0.2) is 0 Å². The SMILES string of the molecule is CC(C)(C)CC(CO)NC(=O)c1cn[nH]c1-c1ccccc1. The highest BCUT2D eigenvalue weighted by molar-refractivity contribution is 5.99. The number of aliphatic hydroxyl groups is 1. The molecule has 22 heavy (non-hydrogen) atoms. The standard InChI is InChI=1S/C17H23N3O2/c1-17(2,3)9-13(11-21)19-16(22)14-10-18-20-15(14)12-7-5-4-6-8-12/h4-8,10,13,21H,9,11H2,1-3H3,(H,18,20)(H,19,22). The predicted octanol–water partition coefficient (Wildman–Crippen LogP) is 2.60. The van der Waals surface area contributed by atoms with Crippen molar-refractivity contribution in [3.8, 4) is 11.3 Å². The highest BCUT2D eigenvalue weighted by atomic mass is 16.3. The first-order valence-corrected chi connectivity index (χ1v) is 7.41. The normalized spacial score (nSPS) is 12.9. The monoisotopic (exact) mass is 301 g/mol. The van der Waals surface area contributed by atoms with Crippen molar-refractivity contribution < 1.29 is 9.90 Å². The van der Waals surface area contributed by atoms with E-state index in [-0.39, 0.29) is 24.0 Å². The fraction of sp³-hybridized carbons (Fsp3) is 0.412. The Morgan fingerprint density at radius 2 is 2.00 bits per heavy atom. The average molecular weight is 301 g/mol. The van der Waals surface area contributed by atoms with Crippen molar-refractivity contribution in [2.24, 2.45) is 5.41 Å². The summed E-state index contributed by atoms with van der Waals surface area (Å²) in [7, 11) is 0. The Kier molecular flexibility index (Phi) is 4.98. The number of carbonyl (C=O) groups is 1. The largest absolute Gasteiger partial charge is 0.394 e. The second kappa shape index (κ2) is 6.75. The molecule has 0 saturated heterocycles. The third kappa shape index (κ3) is 4.18. The topological polar surface area (TPSA) is 78.0 Å². The highest BCUT2D eigenvalue weighted by Crippen LogP contribution is 2.23. The lowest BCUT2D eigenvalue weighted by molar-refractivity contribution is 0.0898. The molecule has 0 radical (unpaired) electrons. The third-order valence-corrected chi connectivity index (χ3v) is 3.36. The van der Waals surface area contributed by atoms with Gasteiger partial charge in [0.05, 0.1) is 30.1 Å². The quantitative estimate of drug-likeness (QED) is 0.794. The molecule has 1 aromatic carbocycles. The van der Waals surface area contributed by atoms with E-state index < -0.39 is 0 Å². The molecule has 1 unspecified atom stereocenters. The number of nitrogens with one attached hydrogen (secondary N) is 2. The van der Waals surface area contributed by atoms with Gasteiger partial charge in [0.25, 0.3) is 5.91 Å². The van der Waals surface area contributed by atoms with Crippen molar-refractivity contribution in [1.82, 2.24) is 15.5 Å². The Morgan fingerprint density at radius 1 is 1.32 bits per heavy atom. The van der Waals surface area contributed by atoms with Crippen molar-refractivity contribution >= 4 is 5.91 Å². The summed E-state index contributed by atoms with van der Waals surface area (Å²) in [6, 6.07) is 9.31. The summed E-state index contributed by atoms with van der Waals surface area (Å²) in [5, 5.41) is 19.2. The van der Waals surface area contributed by atoms with Crippen LogP contribution in [0.2, 0.25) is 0 Å². The maximum Gasteiger partial charge on any atom is 0.255 e. The summed E-state index contributed by atoms with van der Waals surface area (Å²) in [5.74, 6) is -0.226. The third-order valence-electron chi connectivity index (χ3n) is 3.36. The summed E-state index contributed by atoms with van der Waals surface area (Å²) in [4.78, 5) is 12.5. The number of carbonyl (C=O) groups excluding carboxylic acids is 1. The molecule has 5 heteroatoms. The number of rotatable bonds is 5. The second-order valence-corrected chi connectivity index (χ2v) is 6.64. The molecule has 1 amide bonds. The van der Waals surface area contributed by atoms with E-state index in [0.29, 0.717) is 17.7 Å². The van der Waals surface area contributed by atoms with E-state index in [0.717, 1.165) is 5.56 Å². The lowest BCUT2D eigenvalue weighted by Crippen LogP contribution is -2.40. The maximum atomic E-state index is 12.5. The predicted molar refractivity (Wildman–Crippen MR) is 86.4 cm³/mol. The number of H-pyrrole nitrogens is 1. The van der Waals surface area contributed by atoms with Crippen molar-refractivity contribution in [1.29, 1.82) is 0 Å². The van der Waals surface area contributed by atoms with Gasteiger partial charge in [-0.2, -0.15) is 5.10 Å². The van der Waals surface area contributed by atoms with Crippen LogP contribution < -0.4 is 5.32 Å². The molecule has 0 aliphatic carbocycles. The summed E-state index contributed by atoms with van der Waals surface area (Å²) in [5.41, 5.74) is 2.10. The van der Waals surface area contributed by atoms with Crippen LogP contribution in [0.1, 0.15) is 37.6 Å². The molecule has 0 aliphatic rings. The molecule has 118 valence electrons. The second-order valence-electron chi connectivity index (χ2n) is 6.64. The smallest absolute Gasteiger partial charge is 0.255 e. The van der Waals surface area contributed by atoms with Gasteiger partial charge in [-0.25, -0.2) is 0 Å². The zero-order valence-electron chi connectivity index (χ0n) is 13.3. The molecule has 0 spiro atoms. The van der Waals surface area contributed by atoms with Crippen molar-refractivity contribution in [3.63, 3.8) is 0 Å².